The van der Waals surface area contributed by atoms with Crippen molar-refractivity contribution in [3.63, 3.8) is 0 Å². The fourth-order valence-electron chi connectivity index (χ4n) is 3.00. The van der Waals surface area contributed by atoms with Crippen LogP contribution >= 0.6 is 15.9 Å². The van der Waals surface area contributed by atoms with Crippen molar-refractivity contribution in [3.8, 4) is 11.3 Å². The number of benzene rings is 1. The lowest BCUT2D eigenvalue weighted by atomic mass is 9.96. The van der Waals surface area contributed by atoms with Gasteiger partial charge in [-0.1, -0.05) is 41.9 Å². The number of nitrogens with one attached hydrogen (secondary N) is 1. The van der Waals surface area contributed by atoms with Crippen LogP contribution in [-0.2, 0) is 6.42 Å². The number of hydrogen-bond acceptors (Lipinski definition) is 2. The molecule has 0 bridgehead atoms. The zero-order chi connectivity index (χ0) is 14.3. The molecule has 0 amide bonds. The summed E-state index contributed by atoms with van der Waals surface area (Å²) < 4.78 is 1.17. The molecule has 106 valence electrons. The summed E-state index contributed by atoms with van der Waals surface area (Å²) in [5.41, 5.74) is 10.8. The molecule has 1 aliphatic carbocycles. The molecule has 1 aromatic heterocycles. The maximum Gasteiger partial charge on any atom is 0.111 e. The van der Waals surface area contributed by atoms with E-state index in [2.05, 4.69) is 53.0 Å². The molecule has 0 saturated heterocycles. The van der Waals surface area contributed by atoms with Gasteiger partial charge in [0.05, 0.1) is 5.69 Å². The number of aromatic nitrogens is 2. The van der Waals surface area contributed by atoms with Crippen LogP contribution in [0, 0.1) is 5.92 Å². The summed E-state index contributed by atoms with van der Waals surface area (Å²) in [6.07, 6.45) is 2.01. The van der Waals surface area contributed by atoms with Gasteiger partial charge in [-0.3, -0.25) is 0 Å². The van der Waals surface area contributed by atoms with Gasteiger partial charge in [-0.2, -0.15) is 0 Å². The van der Waals surface area contributed by atoms with Gasteiger partial charge in [-0.25, -0.2) is 4.98 Å². The van der Waals surface area contributed by atoms with Gasteiger partial charge in [0, 0.05) is 34.6 Å². The van der Waals surface area contributed by atoms with E-state index in [0.29, 0.717) is 18.4 Å². The first-order valence-corrected chi connectivity index (χ1v) is 7.96. The Morgan fingerprint density at radius 1 is 1.40 bits per heavy atom. The largest absolute Gasteiger partial charge is 0.345 e. The molecule has 0 spiro atoms. The minimum atomic E-state index is 0.330. The van der Waals surface area contributed by atoms with Gasteiger partial charge in [0.25, 0.3) is 0 Å². The van der Waals surface area contributed by atoms with Gasteiger partial charge in [-0.05, 0) is 24.0 Å². The summed E-state index contributed by atoms with van der Waals surface area (Å²) in [7, 11) is 0. The minimum Gasteiger partial charge on any atom is -0.345 e. The molecule has 0 fully saturated rings. The second-order valence-corrected chi connectivity index (χ2v) is 6.81. The van der Waals surface area contributed by atoms with Crippen LogP contribution in [0.1, 0.15) is 43.3 Å². The van der Waals surface area contributed by atoms with Crippen LogP contribution in [0.15, 0.2) is 22.7 Å². The molecule has 1 atom stereocenters. The molecule has 3 N–H and O–H groups in total. The van der Waals surface area contributed by atoms with Gasteiger partial charge in [-0.15, -0.1) is 0 Å². The van der Waals surface area contributed by atoms with Crippen molar-refractivity contribution in [1.82, 2.24) is 9.97 Å². The van der Waals surface area contributed by atoms with E-state index in [4.69, 9.17) is 10.7 Å². The average molecular weight is 334 g/mol. The molecule has 3 nitrogen and oxygen atoms in total. The summed E-state index contributed by atoms with van der Waals surface area (Å²) in [6, 6.07) is 6.31. The number of aromatic amines is 1. The predicted octanol–water partition coefficient (Wildman–Crippen LogP) is 3.83. The Labute approximate surface area is 128 Å². The van der Waals surface area contributed by atoms with Gasteiger partial charge in [0.1, 0.15) is 5.82 Å². The molecular formula is C16H20BrN3. The average Bonchev–Trinajstić information content (AvgIpc) is 2.94. The van der Waals surface area contributed by atoms with Crippen LogP contribution < -0.4 is 5.73 Å². The normalized spacial score (nSPS) is 14.4. The number of nitrogens with two attached hydrogens (primary N) is 1. The van der Waals surface area contributed by atoms with Crippen molar-refractivity contribution in [2.24, 2.45) is 11.7 Å². The molecule has 20 heavy (non-hydrogen) atoms. The topological polar surface area (TPSA) is 54.7 Å². The van der Waals surface area contributed by atoms with E-state index in [-0.39, 0.29) is 0 Å². The monoisotopic (exact) mass is 333 g/mol. The van der Waals surface area contributed by atoms with E-state index in [1.54, 1.807) is 0 Å². The molecule has 0 aliphatic heterocycles. The van der Waals surface area contributed by atoms with Gasteiger partial charge >= 0.3 is 0 Å². The second-order valence-electron chi connectivity index (χ2n) is 5.95. The molecule has 4 heteroatoms. The Bertz CT molecular complexity index is 631. The quantitative estimate of drug-likeness (QED) is 0.762. The first kappa shape index (κ1) is 13.8. The summed E-state index contributed by atoms with van der Waals surface area (Å²) in [5, 5.41) is 0. The summed E-state index contributed by atoms with van der Waals surface area (Å²) in [6.45, 7) is 5.10. The van der Waals surface area contributed by atoms with Crippen molar-refractivity contribution < 1.29 is 0 Å². The number of halogens is 1. The summed E-state index contributed by atoms with van der Waals surface area (Å²) in [5.74, 6) is 2.01. The lowest BCUT2D eigenvalue weighted by molar-refractivity contribution is 0.490. The number of nitrogens with zero attached hydrogens (tertiary/aromatic N) is 1. The number of imidazole rings is 1. The van der Waals surface area contributed by atoms with Crippen molar-refractivity contribution in [2.75, 3.05) is 6.54 Å². The van der Waals surface area contributed by atoms with Gasteiger partial charge in [0.2, 0.25) is 0 Å². The molecule has 1 aromatic carbocycles. The molecule has 1 aliphatic rings. The van der Waals surface area contributed by atoms with Crippen LogP contribution in [-0.4, -0.2) is 16.5 Å². The molecule has 1 unspecified atom stereocenters. The molecule has 0 saturated carbocycles. The highest BCUT2D eigenvalue weighted by molar-refractivity contribution is 9.10. The van der Waals surface area contributed by atoms with Crippen LogP contribution in [0.3, 0.4) is 0 Å². The van der Waals surface area contributed by atoms with E-state index in [0.717, 1.165) is 24.4 Å². The predicted molar refractivity (Wildman–Crippen MR) is 85.8 cm³/mol. The first-order chi connectivity index (χ1) is 9.60. The zero-order valence-electron chi connectivity index (χ0n) is 11.9. The second kappa shape index (κ2) is 5.34. The van der Waals surface area contributed by atoms with Crippen LogP contribution in [0.2, 0.25) is 0 Å². The highest BCUT2D eigenvalue weighted by atomic mass is 79.9. The minimum absolute atomic E-state index is 0.330. The van der Waals surface area contributed by atoms with Crippen molar-refractivity contribution in [2.45, 2.75) is 32.6 Å². The molecule has 3 rings (SSSR count). The van der Waals surface area contributed by atoms with Gasteiger partial charge < -0.3 is 10.7 Å². The Balaban J connectivity index is 1.96. The maximum atomic E-state index is 5.92. The van der Waals surface area contributed by atoms with E-state index < -0.39 is 0 Å². The molecule has 0 radical (unpaired) electrons. The Morgan fingerprint density at radius 3 is 2.90 bits per heavy atom. The zero-order valence-corrected chi connectivity index (χ0v) is 13.5. The number of H-pyrrole nitrogens is 1. The molecule has 1 heterocycles. The van der Waals surface area contributed by atoms with E-state index in [1.165, 1.54) is 21.3 Å². The van der Waals surface area contributed by atoms with Crippen LogP contribution in [0.4, 0.5) is 0 Å². The number of fused-ring (bicyclic) bond motifs is 3. The van der Waals surface area contributed by atoms with E-state index >= 15 is 0 Å². The third-order valence-corrected chi connectivity index (χ3v) is 4.69. The Morgan fingerprint density at radius 2 is 2.20 bits per heavy atom. The van der Waals surface area contributed by atoms with Crippen molar-refractivity contribution in [3.05, 3.63) is 39.8 Å². The summed E-state index contributed by atoms with van der Waals surface area (Å²) in [4.78, 5) is 8.35. The number of hydrogen-bond donors (Lipinski definition) is 2. The van der Waals surface area contributed by atoms with Crippen LogP contribution in [0.25, 0.3) is 11.3 Å². The van der Waals surface area contributed by atoms with Crippen molar-refractivity contribution in [1.29, 1.82) is 0 Å². The molecular weight excluding hydrogens is 314 g/mol. The fourth-order valence-corrected chi connectivity index (χ4v) is 3.51. The highest BCUT2D eigenvalue weighted by Gasteiger charge is 2.26. The standard InChI is InChI=1S/C16H20BrN3/c1-9(2)6-10(8-18)16-19-14-7-12-11(15(14)20-16)4-3-5-13(12)17/h3-5,9-10H,6-8,18H2,1-2H3,(H,19,20). The van der Waals surface area contributed by atoms with Gasteiger partial charge in [0.15, 0.2) is 0 Å². The molecule has 2 aromatic rings. The smallest absolute Gasteiger partial charge is 0.111 e. The van der Waals surface area contributed by atoms with Crippen molar-refractivity contribution >= 4 is 15.9 Å². The maximum absolute atomic E-state index is 5.92. The Kier molecular flexibility index (Phi) is 3.69. The van der Waals surface area contributed by atoms with Crippen LogP contribution in [0.5, 0.6) is 0 Å². The lowest BCUT2D eigenvalue weighted by Crippen LogP contribution is -2.16. The summed E-state index contributed by atoms with van der Waals surface area (Å²) >= 11 is 3.62. The Hall–Kier alpha value is -1.13. The van der Waals surface area contributed by atoms with E-state index in [9.17, 15) is 0 Å². The lowest BCUT2D eigenvalue weighted by Gasteiger charge is -2.14. The van der Waals surface area contributed by atoms with E-state index in [1.807, 2.05) is 0 Å². The fraction of sp³-hybridized carbons (Fsp3) is 0.438. The SMILES string of the molecule is CC(C)CC(CN)c1nc2c([nH]1)Cc1c(Br)cccc1-2. The number of rotatable bonds is 4. The highest BCUT2D eigenvalue weighted by Crippen LogP contribution is 2.39. The third-order valence-electron chi connectivity index (χ3n) is 3.95. The first-order valence-electron chi connectivity index (χ1n) is 7.16. The third kappa shape index (κ3) is 2.31.